The van der Waals surface area contributed by atoms with Gasteiger partial charge in [0.15, 0.2) is 0 Å². The quantitative estimate of drug-likeness (QED) is 0.504. The van der Waals surface area contributed by atoms with E-state index < -0.39 is 16.0 Å². The lowest BCUT2D eigenvalue weighted by Crippen LogP contribution is -2.41. The number of carbonyl (C=O) groups is 2. The Kier molecular flexibility index (Phi) is 8.24. The van der Waals surface area contributed by atoms with Gasteiger partial charge in [0, 0.05) is 43.0 Å². The summed E-state index contributed by atoms with van der Waals surface area (Å²) in [5.41, 5.74) is 1.44. The molecule has 0 spiro atoms. The summed E-state index contributed by atoms with van der Waals surface area (Å²) in [5.74, 6) is -0.936. The predicted molar refractivity (Wildman–Crippen MR) is 139 cm³/mol. The Hall–Kier alpha value is -1.50. The number of thiophene rings is 2. The zero-order chi connectivity index (χ0) is 25.3. The zero-order valence-corrected chi connectivity index (χ0v) is 23.2. The summed E-state index contributed by atoms with van der Waals surface area (Å²) < 4.78 is 33.1. The van der Waals surface area contributed by atoms with E-state index in [-0.39, 0.29) is 35.7 Å². The first-order valence-corrected chi connectivity index (χ1v) is 15.2. The lowest BCUT2D eigenvalue weighted by Gasteiger charge is -2.30. The highest BCUT2D eigenvalue weighted by Gasteiger charge is 2.35. The number of nitrogens with one attached hydrogen (secondary N) is 1. The monoisotopic (exact) mass is 559 g/mol. The summed E-state index contributed by atoms with van der Waals surface area (Å²) in [6.45, 7) is 8.42. The standard InChI is InChI=1S/C23H30ClN3O5S3/c1-4-32-23(29)20-16-9-10-26(14(2)3)13-17(16)33-22(20)25-21(28)15-7-11-27(12-8-15)35(30,31)19-6-5-18(24)34-19/h5-6,14-15H,4,7-13H2,1-3H3,(H,25,28). The van der Waals surface area contributed by atoms with Crippen molar-refractivity contribution in [2.24, 2.45) is 5.92 Å². The molecule has 0 radical (unpaired) electrons. The van der Waals surface area contributed by atoms with Gasteiger partial charge in [-0.3, -0.25) is 9.69 Å². The number of esters is 1. The minimum Gasteiger partial charge on any atom is -0.462 e. The van der Waals surface area contributed by atoms with Crippen LogP contribution in [0.15, 0.2) is 16.3 Å². The second-order valence-corrected chi connectivity index (χ2v) is 14.0. The van der Waals surface area contributed by atoms with Crippen LogP contribution in [0.25, 0.3) is 0 Å². The molecule has 4 heterocycles. The number of carbonyl (C=O) groups excluding carboxylic acids is 2. The number of fused-ring (bicyclic) bond motifs is 1. The average molecular weight is 560 g/mol. The SMILES string of the molecule is CCOC(=O)c1c(NC(=O)C2CCN(S(=O)(=O)c3ccc(Cl)s3)CC2)sc2c1CCN(C(C)C)C2. The van der Waals surface area contributed by atoms with E-state index in [1.165, 1.54) is 21.7 Å². The molecule has 8 nitrogen and oxygen atoms in total. The number of sulfonamides is 1. The number of halogens is 1. The summed E-state index contributed by atoms with van der Waals surface area (Å²) >= 11 is 8.38. The maximum absolute atomic E-state index is 13.2. The van der Waals surface area contributed by atoms with E-state index in [4.69, 9.17) is 16.3 Å². The molecule has 4 rings (SSSR count). The third kappa shape index (κ3) is 5.60. The van der Waals surface area contributed by atoms with Gasteiger partial charge in [-0.1, -0.05) is 11.6 Å². The molecule has 0 atom stereocenters. The van der Waals surface area contributed by atoms with Gasteiger partial charge in [0.1, 0.15) is 9.21 Å². The molecule has 1 amide bonds. The van der Waals surface area contributed by atoms with E-state index in [1.54, 1.807) is 13.0 Å². The molecule has 2 aromatic rings. The molecule has 2 aliphatic heterocycles. The highest BCUT2D eigenvalue weighted by Crippen LogP contribution is 2.39. The van der Waals surface area contributed by atoms with Crippen molar-refractivity contribution in [3.05, 3.63) is 32.5 Å². The van der Waals surface area contributed by atoms with Crippen LogP contribution in [0.1, 0.15) is 54.4 Å². The molecule has 0 saturated carbocycles. The number of hydrogen-bond donors (Lipinski definition) is 1. The van der Waals surface area contributed by atoms with Crippen molar-refractivity contribution in [1.82, 2.24) is 9.21 Å². The van der Waals surface area contributed by atoms with Crippen LogP contribution in [-0.2, 0) is 32.5 Å². The van der Waals surface area contributed by atoms with Gasteiger partial charge >= 0.3 is 5.97 Å². The molecular weight excluding hydrogens is 530 g/mol. The third-order valence-electron chi connectivity index (χ3n) is 6.50. The molecule has 12 heteroatoms. The van der Waals surface area contributed by atoms with Gasteiger partial charge in [-0.15, -0.1) is 22.7 Å². The molecular formula is C23H30ClN3O5S3. The van der Waals surface area contributed by atoms with E-state index in [9.17, 15) is 18.0 Å². The molecule has 1 saturated heterocycles. The Balaban J connectivity index is 1.47. The number of ether oxygens (including phenoxy) is 1. The Morgan fingerprint density at radius 3 is 2.51 bits per heavy atom. The molecule has 2 aliphatic rings. The van der Waals surface area contributed by atoms with Gasteiger partial charge in [-0.25, -0.2) is 13.2 Å². The molecule has 0 aromatic carbocycles. The lowest BCUT2D eigenvalue weighted by atomic mass is 9.97. The topological polar surface area (TPSA) is 96.0 Å². The van der Waals surface area contributed by atoms with Crippen LogP contribution < -0.4 is 5.32 Å². The molecule has 1 fully saturated rings. The van der Waals surface area contributed by atoms with Crippen LogP contribution in [0.5, 0.6) is 0 Å². The third-order valence-corrected chi connectivity index (χ3v) is 11.2. The first-order chi connectivity index (χ1) is 16.6. The smallest absolute Gasteiger partial charge is 0.341 e. The van der Waals surface area contributed by atoms with Crippen molar-refractivity contribution in [3.8, 4) is 0 Å². The fraction of sp³-hybridized carbons (Fsp3) is 0.565. The number of rotatable bonds is 7. The van der Waals surface area contributed by atoms with Crippen LogP contribution in [0.3, 0.4) is 0 Å². The molecule has 192 valence electrons. The summed E-state index contributed by atoms with van der Waals surface area (Å²) in [7, 11) is -3.62. The number of nitrogens with zero attached hydrogens (tertiary/aromatic N) is 2. The Morgan fingerprint density at radius 2 is 1.91 bits per heavy atom. The largest absolute Gasteiger partial charge is 0.462 e. The highest BCUT2D eigenvalue weighted by molar-refractivity contribution is 7.91. The van der Waals surface area contributed by atoms with Gasteiger partial charge in [0.25, 0.3) is 10.0 Å². The molecule has 0 bridgehead atoms. The van der Waals surface area contributed by atoms with Gasteiger partial charge < -0.3 is 10.1 Å². The Bertz CT molecular complexity index is 1200. The van der Waals surface area contributed by atoms with Gasteiger partial charge in [-0.05, 0) is 57.7 Å². The number of anilines is 1. The highest BCUT2D eigenvalue weighted by atomic mass is 35.5. The van der Waals surface area contributed by atoms with Crippen molar-refractivity contribution in [2.75, 3.05) is 31.6 Å². The van der Waals surface area contributed by atoms with E-state index in [0.717, 1.165) is 41.3 Å². The molecule has 0 aliphatic carbocycles. The Labute approximate surface area is 219 Å². The van der Waals surface area contributed by atoms with Crippen LogP contribution in [-0.4, -0.2) is 61.8 Å². The second kappa shape index (κ2) is 10.9. The van der Waals surface area contributed by atoms with Crippen molar-refractivity contribution in [2.45, 2.75) is 56.8 Å². The Morgan fingerprint density at radius 1 is 1.20 bits per heavy atom. The van der Waals surface area contributed by atoms with Crippen molar-refractivity contribution in [1.29, 1.82) is 0 Å². The van der Waals surface area contributed by atoms with E-state index in [0.29, 0.717) is 33.8 Å². The maximum atomic E-state index is 13.2. The van der Waals surface area contributed by atoms with Gasteiger partial charge in [0.05, 0.1) is 16.5 Å². The normalized spacial score (nSPS) is 18.0. The average Bonchev–Trinajstić information content (AvgIpc) is 3.42. The van der Waals surface area contributed by atoms with Crippen molar-refractivity contribution < 1.29 is 22.7 Å². The summed E-state index contributed by atoms with van der Waals surface area (Å²) in [6.07, 6.45) is 1.55. The minimum atomic E-state index is -3.62. The van der Waals surface area contributed by atoms with Crippen LogP contribution >= 0.6 is 34.3 Å². The molecule has 0 unspecified atom stereocenters. The van der Waals surface area contributed by atoms with E-state index >= 15 is 0 Å². The second-order valence-electron chi connectivity index (χ2n) is 8.97. The number of amides is 1. The van der Waals surface area contributed by atoms with Crippen molar-refractivity contribution >= 4 is 61.2 Å². The summed E-state index contributed by atoms with van der Waals surface area (Å²) in [6, 6.07) is 3.47. The molecule has 1 N–H and O–H groups in total. The maximum Gasteiger partial charge on any atom is 0.341 e. The fourth-order valence-corrected chi connectivity index (χ4v) is 8.88. The predicted octanol–water partition coefficient (Wildman–Crippen LogP) is 4.45. The van der Waals surface area contributed by atoms with Crippen molar-refractivity contribution in [3.63, 3.8) is 0 Å². The van der Waals surface area contributed by atoms with E-state index in [2.05, 4.69) is 24.1 Å². The lowest BCUT2D eigenvalue weighted by molar-refractivity contribution is -0.120. The van der Waals surface area contributed by atoms with Crippen LogP contribution in [0.2, 0.25) is 4.34 Å². The minimum absolute atomic E-state index is 0.189. The summed E-state index contributed by atoms with van der Waals surface area (Å²) in [5, 5.41) is 3.52. The van der Waals surface area contributed by atoms with Crippen LogP contribution in [0, 0.1) is 5.92 Å². The van der Waals surface area contributed by atoms with E-state index in [1.807, 2.05) is 0 Å². The van der Waals surface area contributed by atoms with Gasteiger partial charge in [0.2, 0.25) is 5.91 Å². The number of piperidine rings is 1. The zero-order valence-electron chi connectivity index (χ0n) is 20.0. The summed E-state index contributed by atoms with van der Waals surface area (Å²) in [4.78, 5) is 29.4. The number of hydrogen-bond acceptors (Lipinski definition) is 8. The van der Waals surface area contributed by atoms with Gasteiger partial charge in [-0.2, -0.15) is 4.31 Å². The first kappa shape index (κ1) is 26.6. The molecule has 2 aromatic heterocycles. The molecule has 35 heavy (non-hydrogen) atoms. The first-order valence-electron chi connectivity index (χ1n) is 11.7. The fourth-order valence-electron chi connectivity index (χ4n) is 4.51. The van der Waals surface area contributed by atoms with Crippen LogP contribution in [0.4, 0.5) is 5.00 Å².